The second kappa shape index (κ2) is 10.5. The van der Waals surface area contributed by atoms with Gasteiger partial charge in [0.05, 0.1) is 6.54 Å². The zero-order valence-electron chi connectivity index (χ0n) is 18.7. The Morgan fingerprint density at radius 2 is 1.58 bits per heavy atom. The normalized spacial score (nSPS) is 20.9. The van der Waals surface area contributed by atoms with Gasteiger partial charge >= 0.3 is 0 Å². The molecule has 1 heterocycles. The number of benzene rings is 2. The number of para-hydroxylation sites is 1. The standard InChI is InChI=1S/C26H31N3O4/c27-25(31)23-15-20(18-7-3-1-4-8-18)17-29(23)24(30)16-28-26(32)19-11-13-22(14-12-19)33-21-9-5-2-6-10-21/h2,5-6,9-14,18,20,23H,1,3-4,7-8,15-17H2,(H2,27,31)(H,28,32)/t20-,23-/m0/s1. The van der Waals surface area contributed by atoms with Gasteiger partial charge in [0.25, 0.3) is 5.91 Å². The van der Waals surface area contributed by atoms with Gasteiger partial charge in [0, 0.05) is 12.1 Å². The number of amides is 3. The van der Waals surface area contributed by atoms with Gasteiger partial charge in [-0.15, -0.1) is 0 Å². The second-order valence-corrected chi connectivity index (χ2v) is 8.98. The molecule has 0 bridgehead atoms. The van der Waals surface area contributed by atoms with Crippen LogP contribution in [0.4, 0.5) is 0 Å². The van der Waals surface area contributed by atoms with E-state index in [0.717, 1.165) is 12.8 Å². The molecule has 1 saturated carbocycles. The van der Waals surface area contributed by atoms with Gasteiger partial charge in [0.15, 0.2) is 0 Å². The number of carbonyl (C=O) groups is 3. The average molecular weight is 450 g/mol. The van der Waals surface area contributed by atoms with E-state index >= 15 is 0 Å². The van der Waals surface area contributed by atoms with Crippen molar-refractivity contribution in [1.29, 1.82) is 0 Å². The summed E-state index contributed by atoms with van der Waals surface area (Å²) in [6.45, 7) is 0.376. The molecule has 7 heteroatoms. The zero-order valence-corrected chi connectivity index (χ0v) is 18.7. The molecule has 2 aromatic rings. The first-order valence-electron chi connectivity index (χ1n) is 11.7. The van der Waals surface area contributed by atoms with Crippen molar-refractivity contribution in [2.75, 3.05) is 13.1 Å². The van der Waals surface area contributed by atoms with Gasteiger partial charge in [-0.3, -0.25) is 14.4 Å². The van der Waals surface area contributed by atoms with E-state index in [9.17, 15) is 14.4 Å². The molecule has 2 fully saturated rings. The molecule has 174 valence electrons. The Morgan fingerprint density at radius 1 is 0.909 bits per heavy atom. The first kappa shape index (κ1) is 22.8. The molecule has 7 nitrogen and oxygen atoms in total. The van der Waals surface area contributed by atoms with Crippen LogP contribution in [0.25, 0.3) is 0 Å². The maximum atomic E-state index is 12.9. The molecular formula is C26H31N3O4. The van der Waals surface area contributed by atoms with Gasteiger partial charge in [-0.05, 0) is 54.7 Å². The Labute approximate surface area is 194 Å². The van der Waals surface area contributed by atoms with E-state index in [2.05, 4.69) is 5.32 Å². The molecular weight excluding hydrogens is 418 g/mol. The van der Waals surface area contributed by atoms with Crippen molar-refractivity contribution in [2.24, 2.45) is 17.6 Å². The number of carbonyl (C=O) groups excluding carboxylic acids is 3. The first-order chi connectivity index (χ1) is 16.0. The first-order valence-corrected chi connectivity index (χ1v) is 11.7. The van der Waals surface area contributed by atoms with Crippen LogP contribution in [0, 0.1) is 11.8 Å². The molecule has 0 radical (unpaired) electrons. The summed E-state index contributed by atoms with van der Waals surface area (Å²) in [4.78, 5) is 39.0. The molecule has 1 aliphatic heterocycles. The SMILES string of the molecule is NC(=O)[C@@H]1C[C@H](C2CCCCC2)CN1C(=O)CNC(=O)c1ccc(Oc2ccccc2)cc1. The van der Waals surface area contributed by atoms with Crippen LogP contribution in [-0.2, 0) is 9.59 Å². The molecule has 2 atom stereocenters. The minimum atomic E-state index is -0.587. The minimum absolute atomic E-state index is 0.164. The van der Waals surface area contributed by atoms with Crippen molar-refractivity contribution < 1.29 is 19.1 Å². The van der Waals surface area contributed by atoms with Crippen molar-refractivity contribution in [1.82, 2.24) is 10.2 Å². The summed E-state index contributed by atoms with van der Waals surface area (Å²) in [6.07, 6.45) is 6.61. The summed E-state index contributed by atoms with van der Waals surface area (Å²) in [7, 11) is 0. The molecule has 2 aliphatic rings. The molecule has 0 unspecified atom stereocenters. The highest BCUT2D eigenvalue weighted by Crippen LogP contribution is 2.37. The maximum Gasteiger partial charge on any atom is 0.251 e. The number of nitrogens with two attached hydrogens (primary N) is 1. The summed E-state index contributed by atoms with van der Waals surface area (Å²) in [6, 6.07) is 15.5. The van der Waals surface area contributed by atoms with E-state index in [1.54, 1.807) is 29.2 Å². The minimum Gasteiger partial charge on any atom is -0.457 e. The Bertz CT molecular complexity index is 971. The molecule has 0 aromatic heterocycles. The predicted molar refractivity (Wildman–Crippen MR) is 125 cm³/mol. The van der Waals surface area contributed by atoms with Crippen molar-refractivity contribution >= 4 is 17.7 Å². The Morgan fingerprint density at radius 3 is 2.24 bits per heavy atom. The van der Waals surface area contributed by atoms with Crippen LogP contribution in [0.15, 0.2) is 54.6 Å². The van der Waals surface area contributed by atoms with E-state index < -0.39 is 11.9 Å². The molecule has 4 rings (SSSR count). The third-order valence-corrected chi connectivity index (χ3v) is 6.79. The average Bonchev–Trinajstić information content (AvgIpc) is 3.30. The fourth-order valence-electron chi connectivity index (χ4n) is 5.02. The number of primary amides is 1. The van der Waals surface area contributed by atoms with Crippen LogP contribution in [0.2, 0.25) is 0 Å². The van der Waals surface area contributed by atoms with Crippen molar-refractivity contribution in [3.05, 3.63) is 60.2 Å². The molecule has 3 amide bonds. The number of hydrogen-bond acceptors (Lipinski definition) is 4. The van der Waals surface area contributed by atoms with E-state index in [0.29, 0.717) is 41.9 Å². The maximum absolute atomic E-state index is 12.9. The highest BCUT2D eigenvalue weighted by Gasteiger charge is 2.41. The molecule has 2 aromatic carbocycles. The summed E-state index contributed by atoms with van der Waals surface area (Å²) in [5, 5.41) is 2.68. The van der Waals surface area contributed by atoms with Gasteiger partial charge in [0.2, 0.25) is 11.8 Å². The van der Waals surface area contributed by atoms with Crippen LogP contribution < -0.4 is 15.8 Å². The van der Waals surface area contributed by atoms with Gasteiger partial charge < -0.3 is 20.7 Å². The molecule has 1 saturated heterocycles. The van der Waals surface area contributed by atoms with Crippen molar-refractivity contribution in [2.45, 2.75) is 44.6 Å². The quantitative estimate of drug-likeness (QED) is 0.675. The lowest BCUT2D eigenvalue weighted by Crippen LogP contribution is -2.47. The Hall–Kier alpha value is -3.35. The largest absolute Gasteiger partial charge is 0.457 e. The molecule has 33 heavy (non-hydrogen) atoms. The van der Waals surface area contributed by atoms with Crippen molar-refractivity contribution in [3.63, 3.8) is 0 Å². The monoisotopic (exact) mass is 449 g/mol. The van der Waals surface area contributed by atoms with Crippen LogP contribution in [0.3, 0.4) is 0 Å². The van der Waals surface area contributed by atoms with Gasteiger partial charge in [0.1, 0.15) is 17.5 Å². The topological polar surface area (TPSA) is 102 Å². The zero-order chi connectivity index (χ0) is 23.2. The smallest absolute Gasteiger partial charge is 0.251 e. The third kappa shape index (κ3) is 5.72. The van der Waals surface area contributed by atoms with Gasteiger partial charge in [-0.2, -0.15) is 0 Å². The summed E-state index contributed by atoms with van der Waals surface area (Å²) in [5.74, 6) is 1.08. The van der Waals surface area contributed by atoms with Crippen LogP contribution >= 0.6 is 0 Å². The highest BCUT2D eigenvalue weighted by molar-refractivity contribution is 5.97. The van der Waals surface area contributed by atoms with Crippen LogP contribution in [0.5, 0.6) is 11.5 Å². The lowest BCUT2D eigenvalue weighted by Gasteiger charge is -2.27. The van der Waals surface area contributed by atoms with E-state index in [1.807, 2.05) is 30.3 Å². The number of ether oxygens (including phenoxy) is 1. The summed E-state index contributed by atoms with van der Waals surface area (Å²) >= 11 is 0. The predicted octanol–water partition coefficient (Wildman–Crippen LogP) is 3.49. The van der Waals surface area contributed by atoms with E-state index in [-0.39, 0.29) is 18.4 Å². The Balaban J connectivity index is 1.31. The number of likely N-dealkylation sites (tertiary alicyclic amines) is 1. The van der Waals surface area contributed by atoms with Gasteiger partial charge in [-0.1, -0.05) is 50.3 Å². The summed E-state index contributed by atoms with van der Waals surface area (Å²) in [5.41, 5.74) is 6.03. The number of nitrogens with one attached hydrogen (secondary N) is 1. The van der Waals surface area contributed by atoms with Crippen molar-refractivity contribution in [3.8, 4) is 11.5 Å². The van der Waals surface area contributed by atoms with Crippen LogP contribution in [-0.4, -0.2) is 41.8 Å². The molecule has 0 spiro atoms. The highest BCUT2D eigenvalue weighted by atomic mass is 16.5. The lowest BCUT2D eigenvalue weighted by molar-refractivity contribution is -0.136. The van der Waals surface area contributed by atoms with Gasteiger partial charge in [-0.25, -0.2) is 0 Å². The summed E-state index contributed by atoms with van der Waals surface area (Å²) < 4.78 is 5.74. The fraction of sp³-hybridized carbons (Fsp3) is 0.423. The van der Waals surface area contributed by atoms with Crippen LogP contribution in [0.1, 0.15) is 48.9 Å². The Kier molecular flexibility index (Phi) is 7.27. The third-order valence-electron chi connectivity index (χ3n) is 6.79. The second-order valence-electron chi connectivity index (χ2n) is 8.98. The van der Waals surface area contributed by atoms with E-state index in [4.69, 9.17) is 10.5 Å². The molecule has 3 N–H and O–H groups in total. The number of hydrogen-bond donors (Lipinski definition) is 2. The fourth-order valence-corrected chi connectivity index (χ4v) is 5.02. The van der Waals surface area contributed by atoms with E-state index in [1.165, 1.54) is 19.3 Å². The number of nitrogens with zero attached hydrogens (tertiary/aromatic N) is 1. The molecule has 1 aliphatic carbocycles. The number of rotatable bonds is 7. The lowest BCUT2D eigenvalue weighted by atomic mass is 9.79.